The van der Waals surface area contributed by atoms with Crippen molar-refractivity contribution in [2.75, 3.05) is 19.0 Å². The lowest BCUT2D eigenvalue weighted by Crippen LogP contribution is -2.23. The molecule has 6 nitrogen and oxygen atoms in total. The standard InChI is InChI=1S/C20H20ClFN4O2S/c1-13(19(27)23-17-9-8-15(21)12-16(17)22)29-20-25-24-18(26(20)10-11-28-2)14-6-4-3-5-7-14/h3-9,12-13H,10-11H2,1-2H3,(H,23,27). The number of aromatic nitrogens is 3. The van der Waals surface area contributed by atoms with Crippen molar-refractivity contribution in [3.63, 3.8) is 0 Å². The first-order valence-corrected chi connectivity index (χ1v) is 10.2. The van der Waals surface area contributed by atoms with Gasteiger partial charge in [0, 0.05) is 17.7 Å². The van der Waals surface area contributed by atoms with Crippen LogP contribution >= 0.6 is 23.4 Å². The number of methoxy groups -OCH3 is 1. The maximum absolute atomic E-state index is 13.9. The molecule has 0 saturated carbocycles. The average Bonchev–Trinajstić information content (AvgIpc) is 3.11. The molecule has 9 heteroatoms. The summed E-state index contributed by atoms with van der Waals surface area (Å²) in [6, 6.07) is 13.8. The number of amides is 1. The van der Waals surface area contributed by atoms with Crippen molar-refractivity contribution in [3.05, 3.63) is 59.4 Å². The van der Waals surface area contributed by atoms with Gasteiger partial charge in [-0.3, -0.25) is 9.36 Å². The second-order valence-electron chi connectivity index (χ2n) is 6.19. The van der Waals surface area contributed by atoms with Gasteiger partial charge in [0.05, 0.1) is 24.1 Å². The first-order valence-electron chi connectivity index (χ1n) is 8.89. The maximum Gasteiger partial charge on any atom is 0.237 e. The molecule has 1 N–H and O–H groups in total. The number of thioether (sulfide) groups is 1. The van der Waals surface area contributed by atoms with E-state index in [-0.39, 0.29) is 16.6 Å². The van der Waals surface area contributed by atoms with Gasteiger partial charge in [-0.2, -0.15) is 0 Å². The average molecular weight is 435 g/mol. The summed E-state index contributed by atoms with van der Waals surface area (Å²) in [5.74, 6) is -0.238. The Balaban J connectivity index is 1.77. The summed E-state index contributed by atoms with van der Waals surface area (Å²) >= 11 is 7.00. The van der Waals surface area contributed by atoms with E-state index in [4.69, 9.17) is 16.3 Å². The van der Waals surface area contributed by atoms with Gasteiger partial charge in [-0.05, 0) is 25.1 Å². The fourth-order valence-electron chi connectivity index (χ4n) is 2.60. The Hall–Kier alpha value is -2.42. The van der Waals surface area contributed by atoms with Crippen LogP contribution in [0.15, 0.2) is 53.7 Å². The summed E-state index contributed by atoms with van der Waals surface area (Å²) in [6.07, 6.45) is 0. The maximum atomic E-state index is 13.9. The van der Waals surface area contributed by atoms with Gasteiger partial charge in [0.25, 0.3) is 0 Å². The molecule has 1 amide bonds. The molecular formula is C20H20ClFN4O2S. The van der Waals surface area contributed by atoms with Crippen molar-refractivity contribution in [1.82, 2.24) is 14.8 Å². The molecule has 0 fully saturated rings. The van der Waals surface area contributed by atoms with Gasteiger partial charge < -0.3 is 10.1 Å². The van der Waals surface area contributed by atoms with Crippen molar-refractivity contribution in [1.29, 1.82) is 0 Å². The van der Waals surface area contributed by atoms with E-state index in [2.05, 4.69) is 15.5 Å². The number of rotatable bonds is 8. The number of carbonyl (C=O) groups is 1. The Morgan fingerprint density at radius 3 is 2.72 bits per heavy atom. The number of ether oxygens (including phenoxy) is 1. The second kappa shape index (κ2) is 9.87. The summed E-state index contributed by atoms with van der Waals surface area (Å²) in [5.41, 5.74) is 1.00. The van der Waals surface area contributed by atoms with Crippen molar-refractivity contribution >= 4 is 35.0 Å². The lowest BCUT2D eigenvalue weighted by molar-refractivity contribution is -0.115. The Bertz CT molecular complexity index is 984. The molecule has 0 spiro atoms. The van der Waals surface area contributed by atoms with Crippen LogP contribution in [0.1, 0.15) is 6.92 Å². The number of nitrogens with one attached hydrogen (secondary N) is 1. The lowest BCUT2D eigenvalue weighted by Gasteiger charge is -2.14. The molecule has 3 rings (SSSR count). The normalized spacial score (nSPS) is 12.0. The number of hydrogen-bond donors (Lipinski definition) is 1. The van der Waals surface area contributed by atoms with Gasteiger partial charge >= 0.3 is 0 Å². The van der Waals surface area contributed by atoms with Crippen molar-refractivity contribution in [2.24, 2.45) is 0 Å². The van der Waals surface area contributed by atoms with E-state index < -0.39 is 11.1 Å². The van der Waals surface area contributed by atoms with E-state index in [1.54, 1.807) is 14.0 Å². The number of anilines is 1. The Morgan fingerprint density at radius 2 is 2.03 bits per heavy atom. The lowest BCUT2D eigenvalue weighted by atomic mass is 10.2. The monoisotopic (exact) mass is 434 g/mol. The highest BCUT2D eigenvalue weighted by atomic mass is 35.5. The Kier molecular flexibility index (Phi) is 7.24. The van der Waals surface area contributed by atoms with Gasteiger partial charge in [-0.1, -0.05) is 53.7 Å². The Labute approximate surface area is 177 Å². The van der Waals surface area contributed by atoms with Crippen molar-refractivity contribution < 1.29 is 13.9 Å². The number of nitrogens with zero attached hydrogens (tertiary/aromatic N) is 3. The molecule has 152 valence electrons. The van der Waals surface area contributed by atoms with E-state index in [0.717, 1.165) is 11.6 Å². The molecule has 0 aliphatic heterocycles. The predicted octanol–water partition coefficient (Wildman–Crippen LogP) is 4.50. The zero-order valence-electron chi connectivity index (χ0n) is 15.9. The summed E-state index contributed by atoms with van der Waals surface area (Å²) in [7, 11) is 1.62. The van der Waals surface area contributed by atoms with Gasteiger partial charge in [0.2, 0.25) is 5.91 Å². The smallest absolute Gasteiger partial charge is 0.237 e. The first-order chi connectivity index (χ1) is 14.0. The zero-order valence-corrected chi connectivity index (χ0v) is 17.5. The Morgan fingerprint density at radius 1 is 1.28 bits per heavy atom. The molecule has 1 atom stereocenters. The van der Waals surface area contributed by atoms with Crippen LogP contribution in [0, 0.1) is 5.82 Å². The molecule has 2 aromatic carbocycles. The first kappa shape index (κ1) is 21.3. The van der Waals surface area contributed by atoms with Crippen LogP contribution in [0.3, 0.4) is 0 Å². The van der Waals surface area contributed by atoms with Crippen LogP contribution < -0.4 is 5.32 Å². The highest BCUT2D eigenvalue weighted by Gasteiger charge is 2.21. The van der Waals surface area contributed by atoms with E-state index in [1.165, 1.54) is 23.9 Å². The van der Waals surface area contributed by atoms with E-state index in [1.807, 2.05) is 34.9 Å². The van der Waals surface area contributed by atoms with Crippen LogP contribution in [0.4, 0.5) is 10.1 Å². The minimum absolute atomic E-state index is 0.0812. The van der Waals surface area contributed by atoms with Gasteiger partial charge in [0.15, 0.2) is 11.0 Å². The van der Waals surface area contributed by atoms with Crippen molar-refractivity contribution in [3.8, 4) is 11.4 Å². The number of carbonyl (C=O) groups excluding carboxylic acids is 1. The molecule has 0 saturated heterocycles. The van der Waals surface area contributed by atoms with Crippen LogP contribution in [0.25, 0.3) is 11.4 Å². The summed E-state index contributed by atoms with van der Waals surface area (Å²) in [5, 5.41) is 11.4. The summed E-state index contributed by atoms with van der Waals surface area (Å²) in [6.45, 7) is 2.74. The number of benzene rings is 2. The predicted molar refractivity (Wildman–Crippen MR) is 113 cm³/mol. The van der Waals surface area contributed by atoms with Crippen LogP contribution in [0.5, 0.6) is 0 Å². The minimum atomic E-state index is -0.585. The summed E-state index contributed by atoms with van der Waals surface area (Å²) in [4.78, 5) is 12.5. The quantitative estimate of drug-likeness (QED) is 0.528. The molecule has 1 heterocycles. The summed E-state index contributed by atoms with van der Waals surface area (Å²) < 4.78 is 21.1. The van der Waals surface area contributed by atoms with Crippen molar-refractivity contribution in [2.45, 2.75) is 23.9 Å². The third-order valence-electron chi connectivity index (χ3n) is 4.11. The van der Waals surface area contributed by atoms with E-state index in [9.17, 15) is 9.18 Å². The second-order valence-corrected chi connectivity index (χ2v) is 7.93. The molecule has 0 aliphatic carbocycles. The molecule has 1 aromatic heterocycles. The van der Waals surface area contributed by atoms with Crippen LogP contribution in [-0.2, 0) is 16.1 Å². The number of halogens is 2. The van der Waals surface area contributed by atoms with Gasteiger partial charge in [-0.15, -0.1) is 10.2 Å². The molecule has 1 unspecified atom stereocenters. The minimum Gasteiger partial charge on any atom is -0.383 e. The van der Waals surface area contributed by atoms with Crippen LogP contribution in [-0.4, -0.2) is 39.6 Å². The zero-order chi connectivity index (χ0) is 20.8. The third-order valence-corrected chi connectivity index (χ3v) is 5.42. The topological polar surface area (TPSA) is 69.0 Å². The SMILES string of the molecule is COCCn1c(SC(C)C(=O)Nc2ccc(Cl)cc2F)nnc1-c1ccccc1. The van der Waals surface area contributed by atoms with Gasteiger partial charge in [-0.25, -0.2) is 4.39 Å². The van der Waals surface area contributed by atoms with E-state index >= 15 is 0 Å². The highest BCUT2D eigenvalue weighted by molar-refractivity contribution is 8.00. The molecular weight excluding hydrogens is 415 g/mol. The molecule has 0 bridgehead atoms. The number of hydrogen-bond acceptors (Lipinski definition) is 5. The molecule has 0 aliphatic rings. The largest absolute Gasteiger partial charge is 0.383 e. The molecule has 3 aromatic rings. The molecule has 29 heavy (non-hydrogen) atoms. The molecule has 0 radical (unpaired) electrons. The third kappa shape index (κ3) is 5.35. The fourth-order valence-corrected chi connectivity index (χ4v) is 3.63. The van der Waals surface area contributed by atoms with E-state index in [0.29, 0.717) is 24.1 Å². The highest BCUT2D eigenvalue weighted by Crippen LogP contribution is 2.28. The van der Waals surface area contributed by atoms with Gasteiger partial charge in [0.1, 0.15) is 5.82 Å². The van der Waals surface area contributed by atoms with Crippen LogP contribution in [0.2, 0.25) is 5.02 Å². The fraction of sp³-hybridized carbons (Fsp3) is 0.250.